The van der Waals surface area contributed by atoms with E-state index in [2.05, 4.69) is 20.5 Å². The average Bonchev–Trinajstić information content (AvgIpc) is 3.10. The molecule has 4 aromatic rings. The van der Waals surface area contributed by atoms with Crippen LogP contribution in [-0.4, -0.2) is 24.9 Å². The largest absolute Gasteiger partial charge is 0.397 e. The molecule has 0 saturated heterocycles. The van der Waals surface area contributed by atoms with Crippen LogP contribution in [0.15, 0.2) is 51.2 Å². The van der Waals surface area contributed by atoms with Crippen molar-refractivity contribution in [2.24, 2.45) is 0 Å². The first-order valence-corrected chi connectivity index (χ1v) is 6.63. The van der Waals surface area contributed by atoms with E-state index in [1.807, 2.05) is 34.9 Å². The summed E-state index contributed by atoms with van der Waals surface area (Å²) in [6, 6.07) is 9.39. The Hall–Kier alpha value is -2.61. The summed E-state index contributed by atoms with van der Waals surface area (Å²) in [5, 5.41) is 16.7. The third-order valence-electron chi connectivity index (χ3n) is 2.89. The van der Waals surface area contributed by atoms with Gasteiger partial charge >= 0.3 is 0 Å². The van der Waals surface area contributed by atoms with E-state index >= 15 is 0 Å². The van der Waals surface area contributed by atoms with Crippen molar-refractivity contribution in [1.29, 1.82) is 0 Å². The Morgan fingerprint density at radius 3 is 2.90 bits per heavy atom. The summed E-state index contributed by atoms with van der Waals surface area (Å²) in [4.78, 5) is 0.869. The monoisotopic (exact) mass is 284 g/mol. The zero-order valence-corrected chi connectivity index (χ0v) is 10.9. The number of fused-ring (bicyclic) bond motifs is 2. The topological polar surface area (TPSA) is 95.1 Å². The van der Waals surface area contributed by atoms with Crippen molar-refractivity contribution in [3.8, 4) is 0 Å². The Bertz CT molecular complexity index is 915. The summed E-state index contributed by atoms with van der Waals surface area (Å²) in [5.74, 6) is 0. The molecular weight excluding hydrogens is 276 g/mol. The fraction of sp³-hybridized carbons (Fsp3) is 0. The predicted octanol–water partition coefficient (Wildman–Crippen LogP) is 2.00. The number of nitrogens with zero attached hydrogens (tertiary/aromatic N) is 5. The fourth-order valence-corrected chi connectivity index (χ4v) is 2.83. The molecule has 0 unspecified atom stereocenters. The molecule has 20 heavy (non-hydrogen) atoms. The molecule has 0 radical (unpaired) electrons. The standard InChI is InChI=1S/C12H8N6OS/c13-7-4-5-8(11-10(7)16-19-17-11)20-12-15-14-9-3-1-2-6-18(9)12/h1-6H,13H2. The number of benzene rings is 1. The molecule has 4 rings (SSSR count). The van der Waals surface area contributed by atoms with Crippen molar-refractivity contribution in [1.82, 2.24) is 24.9 Å². The van der Waals surface area contributed by atoms with Crippen LogP contribution in [0.2, 0.25) is 0 Å². The number of hydrogen-bond donors (Lipinski definition) is 1. The number of nitrogen functional groups attached to an aromatic ring is 1. The van der Waals surface area contributed by atoms with Gasteiger partial charge in [0.25, 0.3) is 0 Å². The molecule has 0 aliphatic heterocycles. The Labute approximate surface area is 116 Å². The number of anilines is 1. The summed E-state index contributed by atoms with van der Waals surface area (Å²) in [6.45, 7) is 0. The van der Waals surface area contributed by atoms with E-state index in [9.17, 15) is 0 Å². The third-order valence-corrected chi connectivity index (χ3v) is 3.90. The molecule has 0 aliphatic carbocycles. The van der Waals surface area contributed by atoms with Crippen molar-refractivity contribution in [3.05, 3.63) is 36.5 Å². The molecule has 1 aromatic carbocycles. The minimum Gasteiger partial charge on any atom is -0.397 e. The third kappa shape index (κ3) is 1.62. The van der Waals surface area contributed by atoms with Gasteiger partial charge in [-0.25, -0.2) is 4.63 Å². The van der Waals surface area contributed by atoms with Gasteiger partial charge in [0.05, 0.1) is 5.69 Å². The molecule has 3 aromatic heterocycles. The van der Waals surface area contributed by atoms with E-state index in [-0.39, 0.29) is 0 Å². The van der Waals surface area contributed by atoms with Gasteiger partial charge in [-0.3, -0.25) is 4.40 Å². The molecule has 0 spiro atoms. The van der Waals surface area contributed by atoms with Gasteiger partial charge in [-0.15, -0.1) is 10.2 Å². The maximum absolute atomic E-state index is 5.83. The first kappa shape index (κ1) is 11.2. The predicted molar refractivity (Wildman–Crippen MR) is 73.3 cm³/mol. The van der Waals surface area contributed by atoms with Crippen LogP contribution in [0.4, 0.5) is 5.69 Å². The summed E-state index contributed by atoms with van der Waals surface area (Å²) in [7, 11) is 0. The molecule has 3 heterocycles. The van der Waals surface area contributed by atoms with Gasteiger partial charge in [-0.1, -0.05) is 6.07 Å². The first-order valence-electron chi connectivity index (χ1n) is 5.81. The number of aromatic nitrogens is 5. The van der Waals surface area contributed by atoms with Crippen molar-refractivity contribution in [2.75, 3.05) is 5.73 Å². The van der Waals surface area contributed by atoms with Gasteiger partial charge in [-0.05, 0) is 46.3 Å². The minimum absolute atomic E-state index is 0.539. The normalized spacial score (nSPS) is 11.4. The lowest BCUT2D eigenvalue weighted by molar-refractivity contribution is 0.315. The molecule has 0 aliphatic rings. The van der Waals surface area contributed by atoms with Gasteiger partial charge in [0.2, 0.25) is 5.16 Å². The highest BCUT2D eigenvalue weighted by Gasteiger charge is 2.14. The van der Waals surface area contributed by atoms with Crippen molar-refractivity contribution in [2.45, 2.75) is 10.1 Å². The summed E-state index contributed by atoms with van der Waals surface area (Å²) in [5.41, 5.74) is 8.35. The Morgan fingerprint density at radius 1 is 1.05 bits per heavy atom. The molecule has 0 amide bonds. The summed E-state index contributed by atoms with van der Waals surface area (Å²) >= 11 is 1.44. The van der Waals surface area contributed by atoms with Crippen molar-refractivity contribution < 1.29 is 4.63 Å². The number of rotatable bonds is 2. The number of hydrogen-bond acceptors (Lipinski definition) is 7. The van der Waals surface area contributed by atoms with Crippen molar-refractivity contribution in [3.63, 3.8) is 0 Å². The molecule has 98 valence electrons. The number of pyridine rings is 1. The van der Waals surface area contributed by atoms with E-state index in [1.165, 1.54) is 11.8 Å². The van der Waals surface area contributed by atoms with Crippen LogP contribution < -0.4 is 5.73 Å². The van der Waals surface area contributed by atoms with Gasteiger partial charge in [0.1, 0.15) is 0 Å². The van der Waals surface area contributed by atoms with Crippen LogP contribution in [0.5, 0.6) is 0 Å². The fourth-order valence-electron chi connectivity index (χ4n) is 1.93. The highest BCUT2D eigenvalue weighted by molar-refractivity contribution is 7.99. The Morgan fingerprint density at radius 2 is 1.95 bits per heavy atom. The van der Waals surface area contributed by atoms with Crippen LogP contribution in [0, 0.1) is 0 Å². The van der Waals surface area contributed by atoms with Crippen LogP contribution in [-0.2, 0) is 0 Å². The van der Waals surface area contributed by atoms with Crippen LogP contribution >= 0.6 is 11.8 Å². The van der Waals surface area contributed by atoms with E-state index in [4.69, 9.17) is 10.4 Å². The molecule has 7 nitrogen and oxygen atoms in total. The lowest BCUT2D eigenvalue weighted by Crippen LogP contribution is -1.89. The Balaban J connectivity index is 1.85. The summed E-state index contributed by atoms with van der Waals surface area (Å²) in [6.07, 6.45) is 1.91. The van der Waals surface area contributed by atoms with E-state index < -0.39 is 0 Å². The lowest BCUT2D eigenvalue weighted by atomic mass is 10.3. The van der Waals surface area contributed by atoms with Gasteiger partial charge in [-0.2, -0.15) is 0 Å². The quantitative estimate of drug-likeness (QED) is 0.562. The summed E-state index contributed by atoms with van der Waals surface area (Å²) < 4.78 is 6.66. The first-order chi connectivity index (χ1) is 9.83. The Kier molecular flexibility index (Phi) is 2.36. The maximum Gasteiger partial charge on any atom is 0.200 e. The molecule has 0 fully saturated rings. The van der Waals surface area contributed by atoms with Crippen LogP contribution in [0.25, 0.3) is 16.7 Å². The van der Waals surface area contributed by atoms with Gasteiger partial charge in [0.15, 0.2) is 16.7 Å². The van der Waals surface area contributed by atoms with Gasteiger partial charge < -0.3 is 5.73 Å². The van der Waals surface area contributed by atoms with E-state index in [1.54, 1.807) is 6.07 Å². The molecule has 2 N–H and O–H groups in total. The maximum atomic E-state index is 5.83. The molecule has 0 atom stereocenters. The van der Waals surface area contributed by atoms with Gasteiger partial charge in [0, 0.05) is 11.1 Å². The highest BCUT2D eigenvalue weighted by atomic mass is 32.2. The van der Waals surface area contributed by atoms with E-state index in [0.717, 1.165) is 15.7 Å². The van der Waals surface area contributed by atoms with Crippen molar-refractivity contribution >= 4 is 34.1 Å². The smallest absolute Gasteiger partial charge is 0.200 e. The molecule has 8 heteroatoms. The lowest BCUT2D eigenvalue weighted by Gasteiger charge is -2.01. The number of nitrogens with two attached hydrogens (primary N) is 1. The van der Waals surface area contributed by atoms with Crippen LogP contribution in [0.1, 0.15) is 0 Å². The molecule has 0 saturated carbocycles. The molecular formula is C12H8N6OS. The second-order valence-electron chi connectivity index (χ2n) is 4.13. The second kappa shape index (κ2) is 4.20. The minimum atomic E-state index is 0.539. The SMILES string of the molecule is Nc1ccc(Sc2nnc3ccccn23)c2nonc12. The average molecular weight is 284 g/mol. The van der Waals surface area contributed by atoms with E-state index in [0.29, 0.717) is 16.7 Å². The second-order valence-corrected chi connectivity index (χ2v) is 5.14. The highest BCUT2D eigenvalue weighted by Crippen LogP contribution is 2.33. The molecule has 0 bridgehead atoms. The zero-order valence-electron chi connectivity index (χ0n) is 10.1. The zero-order chi connectivity index (χ0) is 13.5. The van der Waals surface area contributed by atoms with Crippen LogP contribution in [0.3, 0.4) is 0 Å².